The van der Waals surface area contributed by atoms with E-state index in [1.165, 1.54) is 0 Å². The van der Waals surface area contributed by atoms with Crippen LogP contribution in [0.5, 0.6) is 5.75 Å². The first-order valence-corrected chi connectivity index (χ1v) is 8.53. The lowest BCUT2D eigenvalue weighted by Gasteiger charge is -2.14. The number of ether oxygens (including phenoxy) is 1. The van der Waals surface area contributed by atoms with Crippen LogP contribution in [0.15, 0.2) is 59.0 Å². The summed E-state index contributed by atoms with van der Waals surface area (Å²) in [5.74, 6) is 2.00. The maximum Gasteiger partial charge on any atom is 0.247 e. The molecule has 5 nitrogen and oxygen atoms in total. The van der Waals surface area contributed by atoms with Crippen molar-refractivity contribution in [3.8, 4) is 17.2 Å². The van der Waals surface area contributed by atoms with Gasteiger partial charge in [0, 0.05) is 17.1 Å². The minimum Gasteiger partial charge on any atom is -0.494 e. The fraction of sp³-hybridized carbons (Fsp3) is 0.263. The predicted octanol–water partition coefficient (Wildman–Crippen LogP) is 4.29. The molecule has 0 unspecified atom stereocenters. The highest BCUT2D eigenvalue weighted by Gasteiger charge is 2.10. The zero-order valence-corrected chi connectivity index (χ0v) is 14.8. The lowest BCUT2D eigenvalue weighted by molar-refractivity contribution is 0.245. The van der Waals surface area contributed by atoms with Crippen molar-refractivity contribution in [3.05, 3.63) is 65.5 Å². The SMILES string of the molecule is CN(CCCOc1ccccc1)Cc1nnc(-c2ccc(Cl)cc2)o1. The monoisotopic (exact) mass is 357 g/mol. The Morgan fingerprint density at radius 3 is 2.56 bits per heavy atom. The Morgan fingerprint density at radius 2 is 1.80 bits per heavy atom. The van der Waals surface area contributed by atoms with Gasteiger partial charge in [-0.05, 0) is 49.9 Å². The van der Waals surface area contributed by atoms with Gasteiger partial charge in [0.05, 0.1) is 13.2 Å². The third kappa shape index (κ3) is 5.31. The lowest BCUT2D eigenvalue weighted by atomic mass is 10.2. The summed E-state index contributed by atoms with van der Waals surface area (Å²) in [6.45, 7) is 2.16. The van der Waals surface area contributed by atoms with Gasteiger partial charge in [0.25, 0.3) is 0 Å². The average Bonchev–Trinajstić information content (AvgIpc) is 3.09. The zero-order valence-electron chi connectivity index (χ0n) is 14.1. The Labute approximate surface area is 152 Å². The molecule has 1 aromatic heterocycles. The third-order valence-corrected chi connectivity index (χ3v) is 3.91. The molecule has 130 valence electrons. The summed E-state index contributed by atoms with van der Waals surface area (Å²) in [6.07, 6.45) is 0.920. The second-order valence-corrected chi connectivity index (χ2v) is 6.20. The zero-order chi connectivity index (χ0) is 17.5. The fourth-order valence-corrected chi connectivity index (χ4v) is 2.50. The molecule has 0 aliphatic rings. The van der Waals surface area contributed by atoms with E-state index in [0.29, 0.717) is 30.0 Å². The predicted molar refractivity (Wildman–Crippen MR) is 97.6 cm³/mol. The maximum absolute atomic E-state index is 5.89. The van der Waals surface area contributed by atoms with Crippen LogP contribution in [0.4, 0.5) is 0 Å². The Bertz CT molecular complexity index is 775. The molecule has 0 aliphatic carbocycles. The number of hydrogen-bond donors (Lipinski definition) is 0. The van der Waals surface area contributed by atoms with Gasteiger partial charge in [0.2, 0.25) is 11.8 Å². The minimum absolute atomic E-state index is 0.507. The van der Waals surface area contributed by atoms with Crippen molar-refractivity contribution >= 4 is 11.6 Å². The van der Waals surface area contributed by atoms with Crippen LogP contribution < -0.4 is 4.74 Å². The molecule has 3 aromatic rings. The number of hydrogen-bond acceptors (Lipinski definition) is 5. The molecule has 0 fully saturated rings. The highest BCUT2D eigenvalue weighted by Crippen LogP contribution is 2.20. The number of halogens is 1. The highest BCUT2D eigenvalue weighted by molar-refractivity contribution is 6.30. The van der Waals surface area contributed by atoms with Crippen LogP contribution in [0.2, 0.25) is 5.02 Å². The first kappa shape index (κ1) is 17.5. The van der Waals surface area contributed by atoms with Crippen LogP contribution >= 0.6 is 11.6 Å². The van der Waals surface area contributed by atoms with Gasteiger partial charge in [-0.15, -0.1) is 10.2 Å². The molecule has 0 aliphatic heterocycles. The topological polar surface area (TPSA) is 51.4 Å². The van der Waals surface area contributed by atoms with Gasteiger partial charge in [0.15, 0.2) is 0 Å². The van der Waals surface area contributed by atoms with E-state index in [2.05, 4.69) is 15.1 Å². The van der Waals surface area contributed by atoms with Gasteiger partial charge < -0.3 is 9.15 Å². The van der Waals surface area contributed by atoms with Crippen LogP contribution in [-0.4, -0.2) is 35.3 Å². The summed E-state index contributed by atoms with van der Waals surface area (Å²) < 4.78 is 11.4. The van der Waals surface area contributed by atoms with Crippen LogP contribution in [0.25, 0.3) is 11.5 Å². The van der Waals surface area contributed by atoms with E-state index in [1.54, 1.807) is 12.1 Å². The molecule has 0 N–H and O–H groups in total. The van der Waals surface area contributed by atoms with Crippen LogP contribution in [0, 0.1) is 0 Å². The van der Waals surface area contributed by atoms with Gasteiger partial charge in [-0.3, -0.25) is 4.90 Å². The molecule has 2 aromatic carbocycles. The van der Waals surface area contributed by atoms with Crippen molar-refractivity contribution in [2.24, 2.45) is 0 Å². The maximum atomic E-state index is 5.89. The van der Waals surface area contributed by atoms with Gasteiger partial charge in [-0.2, -0.15) is 0 Å². The highest BCUT2D eigenvalue weighted by atomic mass is 35.5. The van der Waals surface area contributed by atoms with Gasteiger partial charge in [0.1, 0.15) is 5.75 Å². The molecule has 0 bridgehead atoms. The summed E-state index contributed by atoms with van der Waals surface area (Å²) in [6, 6.07) is 17.2. The van der Waals surface area contributed by atoms with E-state index in [4.69, 9.17) is 20.8 Å². The van der Waals surface area contributed by atoms with E-state index in [1.807, 2.05) is 49.5 Å². The van der Waals surface area contributed by atoms with E-state index < -0.39 is 0 Å². The van der Waals surface area contributed by atoms with Gasteiger partial charge in [-0.25, -0.2) is 0 Å². The Morgan fingerprint density at radius 1 is 1.04 bits per heavy atom. The molecular formula is C19H20ClN3O2. The average molecular weight is 358 g/mol. The third-order valence-electron chi connectivity index (χ3n) is 3.66. The van der Waals surface area contributed by atoms with Crippen molar-refractivity contribution in [3.63, 3.8) is 0 Å². The smallest absolute Gasteiger partial charge is 0.247 e. The second-order valence-electron chi connectivity index (χ2n) is 5.76. The molecule has 0 radical (unpaired) electrons. The van der Waals surface area contributed by atoms with E-state index in [0.717, 1.165) is 24.3 Å². The first-order chi connectivity index (χ1) is 12.2. The largest absolute Gasteiger partial charge is 0.494 e. The van der Waals surface area contributed by atoms with E-state index in [-0.39, 0.29) is 0 Å². The van der Waals surface area contributed by atoms with Crippen molar-refractivity contribution in [1.29, 1.82) is 0 Å². The quantitative estimate of drug-likeness (QED) is 0.563. The molecule has 0 spiro atoms. The Balaban J connectivity index is 1.43. The summed E-state index contributed by atoms with van der Waals surface area (Å²) in [5.41, 5.74) is 0.863. The number of benzene rings is 2. The Hall–Kier alpha value is -2.37. The van der Waals surface area contributed by atoms with Crippen LogP contribution in [-0.2, 0) is 6.54 Å². The van der Waals surface area contributed by atoms with Crippen LogP contribution in [0.1, 0.15) is 12.3 Å². The van der Waals surface area contributed by atoms with E-state index in [9.17, 15) is 0 Å². The molecule has 0 saturated carbocycles. The van der Waals surface area contributed by atoms with Crippen molar-refractivity contribution in [1.82, 2.24) is 15.1 Å². The Kier molecular flexibility index (Phi) is 6.04. The molecule has 1 heterocycles. The van der Waals surface area contributed by atoms with Crippen molar-refractivity contribution in [2.75, 3.05) is 20.2 Å². The van der Waals surface area contributed by atoms with Gasteiger partial charge >= 0.3 is 0 Å². The summed E-state index contributed by atoms with van der Waals surface area (Å²) in [7, 11) is 2.02. The summed E-state index contributed by atoms with van der Waals surface area (Å²) in [5, 5.41) is 8.88. The molecule has 25 heavy (non-hydrogen) atoms. The van der Waals surface area contributed by atoms with Crippen molar-refractivity contribution in [2.45, 2.75) is 13.0 Å². The standard InChI is InChI=1S/C19H20ClN3O2/c1-23(12-5-13-24-17-6-3-2-4-7-17)14-18-21-22-19(25-18)15-8-10-16(20)11-9-15/h2-4,6-11H,5,12-14H2,1H3. The van der Waals surface area contributed by atoms with Crippen molar-refractivity contribution < 1.29 is 9.15 Å². The molecule has 6 heteroatoms. The fourth-order valence-electron chi connectivity index (χ4n) is 2.38. The minimum atomic E-state index is 0.507. The van der Waals surface area contributed by atoms with Crippen LogP contribution in [0.3, 0.4) is 0 Å². The number of para-hydroxylation sites is 1. The normalized spacial score (nSPS) is 11.0. The second kappa shape index (κ2) is 8.65. The van der Waals surface area contributed by atoms with E-state index >= 15 is 0 Å². The number of rotatable bonds is 8. The van der Waals surface area contributed by atoms with Gasteiger partial charge in [-0.1, -0.05) is 29.8 Å². The number of nitrogens with zero attached hydrogens (tertiary/aromatic N) is 3. The lowest BCUT2D eigenvalue weighted by Crippen LogP contribution is -2.21. The molecule has 0 atom stereocenters. The molecule has 3 rings (SSSR count). The number of aromatic nitrogens is 2. The first-order valence-electron chi connectivity index (χ1n) is 8.15. The molecule has 0 saturated heterocycles. The summed E-state index contributed by atoms with van der Waals surface area (Å²) in [4.78, 5) is 2.13. The molecular weight excluding hydrogens is 338 g/mol. The summed E-state index contributed by atoms with van der Waals surface area (Å²) >= 11 is 5.89. The molecule has 0 amide bonds.